The third-order valence-electron chi connectivity index (χ3n) is 3.33. The van der Waals surface area contributed by atoms with Gasteiger partial charge in [-0.25, -0.2) is 0 Å². The van der Waals surface area contributed by atoms with Crippen molar-refractivity contribution < 1.29 is 4.74 Å². The van der Waals surface area contributed by atoms with Crippen LogP contribution in [0, 0.1) is 0 Å². The maximum absolute atomic E-state index is 5.49. The molecule has 0 aromatic carbocycles. The molecule has 102 valence electrons. The van der Waals surface area contributed by atoms with Gasteiger partial charge in [-0.15, -0.1) is 0 Å². The van der Waals surface area contributed by atoms with Crippen molar-refractivity contribution in [2.45, 2.75) is 58.5 Å². The Morgan fingerprint density at radius 3 is 2.71 bits per heavy atom. The summed E-state index contributed by atoms with van der Waals surface area (Å²) in [6.07, 6.45) is 3.73. The Kier molecular flexibility index (Phi) is 6.45. The summed E-state index contributed by atoms with van der Waals surface area (Å²) in [5, 5.41) is 3.55. The van der Waals surface area contributed by atoms with Crippen LogP contribution in [0.2, 0.25) is 0 Å². The van der Waals surface area contributed by atoms with Crippen molar-refractivity contribution in [2.75, 3.05) is 32.8 Å². The van der Waals surface area contributed by atoms with Gasteiger partial charge >= 0.3 is 0 Å². The van der Waals surface area contributed by atoms with Crippen molar-refractivity contribution in [2.24, 2.45) is 0 Å². The van der Waals surface area contributed by atoms with Gasteiger partial charge in [0, 0.05) is 31.3 Å². The molecule has 1 saturated heterocycles. The fourth-order valence-electron chi connectivity index (χ4n) is 2.25. The lowest BCUT2D eigenvalue weighted by atomic mass is 10.1. The molecule has 17 heavy (non-hydrogen) atoms. The largest absolute Gasteiger partial charge is 0.380 e. The molecule has 0 bridgehead atoms. The van der Waals surface area contributed by atoms with Crippen LogP contribution in [0.15, 0.2) is 0 Å². The second-order valence-electron chi connectivity index (χ2n) is 6.17. The van der Waals surface area contributed by atoms with Crippen molar-refractivity contribution >= 4 is 0 Å². The Hall–Kier alpha value is -0.120. The summed E-state index contributed by atoms with van der Waals surface area (Å²) >= 11 is 0. The van der Waals surface area contributed by atoms with Crippen molar-refractivity contribution in [3.63, 3.8) is 0 Å². The molecular formula is C14H30N2O. The van der Waals surface area contributed by atoms with E-state index < -0.39 is 0 Å². The average molecular weight is 242 g/mol. The van der Waals surface area contributed by atoms with Crippen LogP contribution in [0.3, 0.4) is 0 Å². The molecule has 0 spiro atoms. The zero-order chi connectivity index (χ0) is 12.7. The van der Waals surface area contributed by atoms with Gasteiger partial charge < -0.3 is 10.1 Å². The molecule has 1 aliphatic rings. The number of hydrogen-bond donors (Lipinski definition) is 1. The molecule has 1 heterocycles. The van der Waals surface area contributed by atoms with E-state index >= 15 is 0 Å². The second-order valence-corrected chi connectivity index (χ2v) is 6.17. The lowest BCUT2D eigenvalue weighted by Crippen LogP contribution is -2.38. The fraction of sp³-hybridized carbons (Fsp3) is 1.00. The Morgan fingerprint density at radius 2 is 2.00 bits per heavy atom. The van der Waals surface area contributed by atoms with Gasteiger partial charge in [0.15, 0.2) is 0 Å². The Bertz CT molecular complexity index is 193. The van der Waals surface area contributed by atoms with Crippen LogP contribution in [0.5, 0.6) is 0 Å². The summed E-state index contributed by atoms with van der Waals surface area (Å²) in [6, 6.07) is 0.693. The molecule has 3 nitrogen and oxygen atoms in total. The molecule has 0 aromatic heterocycles. The van der Waals surface area contributed by atoms with Crippen LogP contribution in [0.4, 0.5) is 0 Å². The summed E-state index contributed by atoms with van der Waals surface area (Å²) in [5.74, 6) is 0. The first-order chi connectivity index (χ1) is 7.99. The van der Waals surface area contributed by atoms with Crippen LogP contribution < -0.4 is 5.32 Å². The quantitative estimate of drug-likeness (QED) is 0.749. The standard InChI is InChI=1S/C14H30N2O/c1-13(7-5-8-15-14(2,3)4)16-9-6-11-17-12-10-16/h13,15H,5-12H2,1-4H3. The van der Waals surface area contributed by atoms with Gasteiger partial charge in [-0.05, 0) is 53.5 Å². The molecule has 3 heteroatoms. The molecule has 0 saturated carbocycles. The summed E-state index contributed by atoms with van der Waals surface area (Å²) in [5.41, 5.74) is 0.250. The van der Waals surface area contributed by atoms with E-state index in [4.69, 9.17) is 4.74 Å². The topological polar surface area (TPSA) is 24.5 Å². The van der Waals surface area contributed by atoms with Crippen molar-refractivity contribution in [3.8, 4) is 0 Å². The second kappa shape index (κ2) is 7.34. The molecule has 0 aliphatic carbocycles. The molecule has 0 amide bonds. The number of nitrogens with one attached hydrogen (secondary N) is 1. The number of hydrogen-bond acceptors (Lipinski definition) is 3. The van der Waals surface area contributed by atoms with E-state index in [1.807, 2.05) is 0 Å². The lowest BCUT2D eigenvalue weighted by molar-refractivity contribution is 0.132. The third-order valence-corrected chi connectivity index (χ3v) is 3.33. The van der Waals surface area contributed by atoms with Gasteiger partial charge in [-0.2, -0.15) is 0 Å². The van der Waals surface area contributed by atoms with Gasteiger partial charge in [0.05, 0.1) is 6.61 Å². The van der Waals surface area contributed by atoms with Crippen molar-refractivity contribution in [3.05, 3.63) is 0 Å². The molecule has 1 aliphatic heterocycles. The summed E-state index contributed by atoms with van der Waals surface area (Å²) < 4.78 is 5.49. The normalized spacial score (nSPS) is 21.2. The minimum absolute atomic E-state index is 0.250. The third kappa shape index (κ3) is 7.02. The van der Waals surface area contributed by atoms with Gasteiger partial charge in [-0.3, -0.25) is 4.90 Å². The highest BCUT2D eigenvalue weighted by molar-refractivity contribution is 4.73. The first-order valence-electron chi connectivity index (χ1n) is 7.06. The smallest absolute Gasteiger partial charge is 0.0593 e. The highest BCUT2D eigenvalue weighted by atomic mass is 16.5. The molecule has 1 fully saturated rings. The molecular weight excluding hydrogens is 212 g/mol. The van der Waals surface area contributed by atoms with E-state index in [9.17, 15) is 0 Å². The Morgan fingerprint density at radius 1 is 1.24 bits per heavy atom. The Labute approximate surface area is 107 Å². The van der Waals surface area contributed by atoms with E-state index in [0.717, 1.165) is 26.3 Å². The first kappa shape index (κ1) is 14.9. The highest BCUT2D eigenvalue weighted by Crippen LogP contribution is 2.10. The fourth-order valence-corrected chi connectivity index (χ4v) is 2.25. The number of nitrogens with zero attached hydrogens (tertiary/aromatic N) is 1. The van der Waals surface area contributed by atoms with E-state index in [2.05, 4.69) is 37.9 Å². The van der Waals surface area contributed by atoms with Gasteiger partial charge in [0.25, 0.3) is 0 Å². The maximum Gasteiger partial charge on any atom is 0.0593 e. The minimum atomic E-state index is 0.250. The monoisotopic (exact) mass is 242 g/mol. The SMILES string of the molecule is CC(CCCNC(C)(C)C)N1CCCOCC1. The molecule has 1 N–H and O–H groups in total. The predicted molar refractivity (Wildman–Crippen MR) is 73.5 cm³/mol. The van der Waals surface area contributed by atoms with Crippen molar-refractivity contribution in [1.82, 2.24) is 10.2 Å². The van der Waals surface area contributed by atoms with Gasteiger partial charge in [0.1, 0.15) is 0 Å². The molecule has 0 radical (unpaired) electrons. The highest BCUT2D eigenvalue weighted by Gasteiger charge is 2.15. The zero-order valence-corrected chi connectivity index (χ0v) is 12.1. The van der Waals surface area contributed by atoms with Crippen molar-refractivity contribution in [1.29, 1.82) is 0 Å². The average Bonchev–Trinajstić information content (AvgIpc) is 2.51. The van der Waals surface area contributed by atoms with Crippen LogP contribution in [0.1, 0.15) is 47.0 Å². The molecule has 1 unspecified atom stereocenters. The summed E-state index contributed by atoms with van der Waals surface area (Å²) in [7, 11) is 0. The molecule has 1 atom stereocenters. The zero-order valence-electron chi connectivity index (χ0n) is 12.1. The summed E-state index contributed by atoms with van der Waals surface area (Å²) in [4.78, 5) is 2.57. The molecule has 1 rings (SSSR count). The van der Waals surface area contributed by atoms with Crippen LogP contribution in [-0.4, -0.2) is 49.3 Å². The number of ether oxygens (including phenoxy) is 1. The first-order valence-corrected chi connectivity index (χ1v) is 7.06. The van der Waals surface area contributed by atoms with E-state index in [1.54, 1.807) is 0 Å². The molecule has 0 aromatic rings. The Balaban J connectivity index is 2.13. The minimum Gasteiger partial charge on any atom is -0.380 e. The van der Waals surface area contributed by atoms with E-state index in [1.165, 1.54) is 25.8 Å². The number of rotatable bonds is 5. The van der Waals surface area contributed by atoms with Crippen LogP contribution >= 0.6 is 0 Å². The van der Waals surface area contributed by atoms with Gasteiger partial charge in [0.2, 0.25) is 0 Å². The van der Waals surface area contributed by atoms with Crippen LogP contribution in [0.25, 0.3) is 0 Å². The lowest BCUT2D eigenvalue weighted by Gasteiger charge is -2.27. The van der Waals surface area contributed by atoms with Gasteiger partial charge in [-0.1, -0.05) is 0 Å². The summed E-state index contributed by atoms with van der Waals surface area (Å²) in [6.45, 7) is 14.3. The van der Waals surface area contributed by atoms with E-state index in [0.29, 0.717) is 6.04 Å². The maximum atomic E-state index is 5.49. The van der Waals surface area contributed by atoms with Crippen LogP contribution in [-0.2, 0) is 4.74 Å². The van der Waals surface area contributed by atoms with E-state index in [-0.39, 0.29) is 5.54 Å². The predicted octanol–water partition coefficient (Wildman–Crippen LogP) is 2.27.